The van der Waals surface area contributed by atoms with Crippen molar-refractivity contribution in [2.45, 2.75) is 33.2 Å². The van der Waals surface area contributed by atoms with E-state index in [0.717, 1.165) is 17.8 Å². The topological polar surface area (TPSA) is 32.3 Å². The predicted molar refractivity (Wildman–Crippen MR) is 66.9 cm³/mol. The van der Waals surface area contributed by atoms with Crippen molar-refractivity contribution in [2.75, 3.05) is 16.8 Å². The fourth-order valence-corrected chi connectivity index (χ4v) is 2.11. The molecule has 1 aromatic carbocycles. The summed E-state index contributed by atoms with van der Waals surface area (Å²) in [7, 11) is 0. The third-order valence-electron chi connectivity index (χ3n) is 2.94. The van der Waals surface area contributed by atoms with Crippen LogP contribution in [0.25, 0.3) is 0 Å². The molecular formula is C13H18N2O. The molecule has 3 heteroatoms. The summed E-state index contributed by atoms with van der Waals surface area (Å²) in [6, 6.07) is 6.48. The van der Waals surface area contributed by atoms with Gasteiger partial charge in [-0.3, -0.25) is 4.79 Å². The van der Waals surface area contributed by atoms with Crippen molar-refractivity contribution in [3.63, 3.8) is 0 Å². The molecule has 0 atom stereocenters. The number of amides is 1. The third kappa shape index (κ3) is 1.77. The number of nitrogens with zero attached hydrogens (tertiary/aromatic N) is 1. The first-order valence-electron chi connectivity index (χ1n) is 5.82. The molecule has 86 valence electrons. The van der Waals surface area contributed by atoms with E-state index in [4.69, 9.17) is 0 Å². The molecule has 1 amide bonds. The Morgan fingerprint density at radius 2 is 2.19 bits per heavy atom. The average Bonchev–Trinajstić information content (AvgIpc) is 2.27. The largest absolute Gasteiger partial charge is 0.374 e. The first kappa shape index (κ1) is 11.0. The lowest BCUT2D eigenvalue weighted by Crippen LogP contribution is -2.44. The molecule has 0 spiro atoms. The minimum Gasteiger partial charge on any atom is -0.374 e. The van der Waals surface area contributed by atoms with Gasteiger partial charge in [0.05, 0.1) is 17.9 Å². The quantitative estimate of drug-likeness (QED) is 0.826. The summed E-state index contributed by atoms with van der Waals surface area (Å²) in [4.78, 5) is 13.7. The zero-order valence-corrected chi connectivity index (χ0v) is 10.1. The Hall–Kier alpha value is -1.51. The maximum Gasteiger partial charge on any atom is 0.246 e. The summed E-state index contributed by atoms with van der Waals surface area (Å²) in [5.74, 6) is 0.145. The van der Waals surface area contributed by atoms with Crippen molar-refractivity contribution in [1.29, 1.82) is 0 Å². The van der Waals surface area contributed by atoms with Crippen molar-refractivity contribution >= 4 is 17.3 Å². The number of nitrogens with one attached hydrogen (secondary N) is 1. The number of carbonyl (C=O) groups excluding carboxylic acids is 1. The van der Waals surface area contributed by atoms with E-state index in [2.05, 4.69) is 24.4 Å². The summed E-state index contributed by atoms with van der Waals surface area (Å²) < 4.78 is 0. The molecule has 1 aliphatic rings. The van der Waals surface area contributed by atoms with Gasteiger partial charge in [0.15, 0.2) is 0 Å². The van der Waals surface area contributed by atoms with Crippen molar-refractivity contribution in [3.8, 4) is 0 Å². The van der Waals surface area contributed by atoms with Crippen LogP contribution in [0.15, 0.2) is 18.2 Å². The smallest absolute Gasteiger partial charge is 0.246 e. The highest BCUT2D eigenvalue weighted by molar-refractivity contribution is 6.03. The lowest BCUT2D eigenvalue weighted by atomic mass is 10.1. The Bertz CT molecular complexity index is 412. The van der Waals surface area contributed by atoms with Crippen LogP contribution in [0.5, 0.6) is 0 Å². The maximum atomic E-state index is 11.8. The Kier molecular flexibility index (Phi) is 2.86. The van der Waals surface area contributed by atoms with Gasteiger partial charge in [0.2, 0.25) is 5.91 Å². The predicted octanol–water partition coefficient (Wildman–Crippen LogP) is 2.42. The van der Waals surface area contributed by atoms with Crippen molar-refractivity contribution in [2.24, 2.45) is 0 Å². The molecule has 0 fully saturated rings. The molecule has 0 unspecified atom stereocenters. The van der Waals surface area contributed by atoms with E-state index in [1.54, 1.807) is 0 Å². The monoisotopic (exact) mass is 218 g/mol. The standard InChI is InChI=1S/C13H18N2O/c1-4-10-5-6-12-11(7-10)14-8-13(16)15(12)9(2)3/h5-7,9,14H,4,8H2,1-3H3. The van der Waals surface area contributed by atoms with Gasteiger partial charge in [-0.25, -0.2) is 0 Å². The van der Waals surface area contributed by atoms with Crippen LogP contribution in [0.2, 0.25) is 0 Å². The maximum absolute atomic E-state index is 11.8. The summed E-state index contributed by atoms with van der Waals surface area (Å²) in [6.07, 6.45) is 1.02. The van der Waals surface area contributed by atoms with Crippen LogP contribution in [-0.4, -0.2) is 18.5 Å². The Balaban J connectivity index is 2.44. The molecule has 1 aliphatic heterocycles. The van der Waals surface area contributed by atoms with E-state index < -0.39 is 0 Å². The van der Waals surface area contributed by atoms with Crippen molar-refractivity contribution in [1.82, 2.24) is 0 Å². The molecule has 0 bridgehead atoms. The highest BCUT2D eigenvalue weighted by Gasteiger charge is 2.25. The lowest BCUT2D eigenvalue weighted by Gasteiger charge is -2.33. The molecular weight excluding hydrogens is 200 g/mol. The molecule has 2 rings (SSSR count). The van der Waals surface area contributed by atoms with Gasteiger partial charge in [-0.2, -0.15) is 0 Å². The summed E-state index contributed by atoms with van der Waals surface area (Å²) in [6.45, 7) is 6.62. The van der Waals surface area contributed by atoms with Gasteiger partial charge in [-0.15, -0.1) is 0 Å². The number of benzene rings is 1. The molecule has 0 aliphatic carbocycles. The van der Waals surface area contributed by atoms with Crippen LogP contribution in [0.4, 0.5) is 11.4 Å². The van der Waals surface area contributed by atoms with Crippen LogP contribution in [0, 0.1) is 0 Å². The van der Waals surface area contributed by atoms with E-state index in [0.29, 0.717) is 6.54 Å². The number of hydrogen-bond donors (Lipinski definition) is 1. The van der Waals surface area contributed by atoms with Crippen LogP contribution < -0.4 is 10.2 Å². The van der Waals surface area contributed by atoms with Crippen LogP contribution in [0.3, 0.4) is 0 Å². The SMILES string of the molecule is CCc1ccc2c(c1)NCC(=O)N2C(C)C. The van der Waals surface area contributed by atoms with E-state index in [-0.39, 0.29) is 11.9 Å². The number of carbonyl (C=O) groups is 1. The van der Waals surface area contributed by atoms with E-state index in [1.807, 2.05) is 24.8 Å². The number of aryl methyl sites for hydroxylation is 1. The molecule has 0 saturated heterocycles. The molecule has 3 nitrogen and oxygen atoms in total. The van der Waals surface area contributed by atoms with Crippen molar-refractivity contribution in [3.05, 3.63) is 23.8 Å². The van der Waals surface area contributed by atoms with Gasteiger partial charge in [0.25, 0.3) is 0 Å². The van der Waals surface area contributed by atoms with E-state index >= 15 is 0 Å². The van der Waals surface area contributed by atoms with Crippen LogP contribution >= 0.6 is 0 Å². The minimum atomic E-state index is 0.145. The third-order valence-corrected chi connectivity index (χ3v) is 2.94. The lowest BCUT2D eigenvalue weighted by molar-refractivity contribution is -0.117. The minimum absolute atomic E-state index is 0.145. The van der Waals surface area contributed by atoms with Gasteiger partial charge >= 0.3 is 0 Å². The van der Waals surface area contributed by atoms with Crippen molar-refractivity contribution < 1.29 is 4.79 Å². The molecule has 0 saturated carbocycles. The second kappa shape index (κ2) is 4.16. The Labute approximate surface area is 96.5 Å². The van der Waals surface area contributed by atoms with Gasteiger partial charge in [0.1, 0.15) is 0 Å². The Morgan fingerprint density at radius 3 is 2.81 bits per heavy atom. The summed E-state index contributed by atoms with van der Waals surface area (Å²) in [5, 5.41) is 3.18. The summed E-state index contributed by atoms with van der Waals surface area (Å²) in [5.41, 5.74) is 3.38. The number of anilines is 2. The zero-order chi connectivity index (χ0) is 11.7. The molecule has 1 N–H and O–H groups in total. The molecule has 1 heterocycles. The second-order valence-corrected chi connectivity index (χ2v) is 4.42. The van der Waals surface area contributed by atoms with Gasteiger partial charge in [-0.1, -0.05) is 13.0 Å². The van der Waals surface area contributed by atoms with Crippen LogP contribution in [-0.2, 0) is 11.2 Å². The zero-order valence-electron chi connectivity index (χ0n) is 10.1. The fraction of sp³-hybridized carbons (Fsp3) is 0.462. The number of fused-ring (bicyclic) bond motifs is 1. The fourth-order valence-electron chi connectivity index (χ4n) is 2.11. The number of hydrogen-bond acceptors (Lipinski definition) is 2. The highest BCUT2D eigenvalue weighted by Crippen LogP contribution is 2.31. The second-order valence-electron chi connectivity index (χ2n) is 4.42. The van der Waals surface area contributed by atoms with Gasteiger partial charge < -0.3 is 10.2 Å². The Morgan fingerprint density at radius 1 is 1.44 bits per heavy atom. The van der Waals surface area contributed by atoms with Gasteiger partial charge in [-0.05, 0) is 38.0 Å². The number of rotatable bonds is 2. The molecule has 0 radical (unpaired) electrons. The molecule has 0 aromatic heterocycles. The first-order valence-corrected chi connectivity index (χ1v) is 5.82. The average molecular weight is 218 g/mol. The first-order chi connectivity index (χ1) is 7.63. The van der Waals surface area contributed by atoms with E-state index in [1.165, 1.54) is 5.56 Å². The van der Waals surface area contributed by atoms with E-state index in [9.17, 15) is 4.79 Å². The highest BCUT2D eigenvalue weighted by atomic mass is 16.2. The van der Waals surface area contributed by atoms with Gasteiger partial charge in [0, 0.05) is 6.04 Å². The molecule has 16 heavy (non-hydrogen) atoms. The summed E-state index contributed by atoms with van der Waals surface area (Å²) >= 11 is 0. The molecule has 1 aromatic rings. The normalized spacial score (nSPS) is 15.0. The van der Waals surface area contributed by atoms with Crippen LogP contribution in [0.1, 0.15) is 26.3 Å².